The quantitative estimate of drug-likeness (QED) is 0.0266. The Labute approximate surface area is 370 Å². The zero-order valence-corrected chi connectivity index (χ0v) is 38.4. The van der Waals surface area contributed by atoms with E-state index in [1.807, 2.05) is 6.08 Å². The summed E-state index contributed by atoms with van der Waals surface area (Å²) < 4.78 is 22.1. The Morgan fingerprint density at radius 3 is 1.44 bits per heavy atom. The van der Waals surface area contributed by atoms with Gasteiger partial charge in [0, 0.05) is 12.8 Å². The molecular formula is C51H88O10. The molecule has 1 heterocycles. The molecule has 0 aromatic rings. The third-order valence-electron chi connectivity index (χ3n) is 10.9. The van der Waals surface area contributed by atoms with E-state index in [4.69, 9.17) is 18.9 Å². The number of rotatable bonds is 40. The molecule has 1 aliphatic heterocycles. The second-order valence-corrected chi connectivity index (χ2v) is 16.6. The van der Waals surface area contributed by atoms with Gasteiger partial charge in [0.1, 0.15) is 31.0 Å². The highest BCUT2D eigenvalue weighted by Gasteiger charge is 2.44. The predicted molar refractivity (Wildman–Crippen MR) is 247 cm³/mol. The Kier molecular flexibility index (Phi) is 38.3. The van der Waals surface area contributed by atoms with Gasteiger partial charge in [-0.25, -0.2) is 0 Å². The second kappa shape index (κ2) is 41.4. The lowest BCUT2D eigenvalue weighted by Gasteiger charge is -2.39. The lowest BCUT2D eigenvalue weighted by atomic mass is 9.99. The van der Waals surface area contributed by atoms with Crippen molar-refractivity contribution >= 4 is 11.9 Å². The van der Waals surface area contributed by atoms with Crippen LogP contribution in [0, 0.1) is 0 Å². The number of unbranched alkanes of at least 4 members (excludes halogenated alkanes) is 19. The maximum Gasteiger partial charge on any atom is 0.306 e. The van der Waals surface area contributed by atoms with Crippen LogP contribution in [0.4, 0.5) is 0 Å². The van der Waals surface area contributed by atoms with Gasteiger partial charge in [0.25, 0.3) is 0 Å². The van der Waals surface area contributed by atoms with E-state index in [1.54, 1.807) is 0 Å². The van der Waals surface area contributed by atoms with E-state index in [1.165, 1.54) is 103 Å². The zero-order chi connectivity index (χ0) is 44.4. The molecule has 1 saturated heterocycles. The minimum Gasteiger partial charge on any atom is -0.462 e. The van der Waals surface area contributed by atoms with Crippen LogP contribution >= 0.6 is 0 Å². The highest BCUT2D eigenvalue weighted by atomic mass is 16.7. The van der Waals surface area contributed by atoms with E-state index < -0.39 is 55.4 Å². The van der Waals surface area contributed by atoms with Gasteiger partial charge in [-0.1, -0.05) is 164 Å². The Morgan fingerprint density at radius 2 is 0.934 bits per heavy atom. The minimum absolute atomic E-state index is 0.149. The number of esters is 2. The highest BCUT2D eigenvalue weighted by Crippen LogP contribution is 2.22. The van der Waals surface area contributed by atoms with Crippen molar-refractivity contribution in [1.29, 1.82) is 0 Å². The monoisotopic (exact) mass is 861 g/mol. The van der Waals surface area contributed by atoms with Crippen LogP contribution in [0.5, 0.6) is 0 Å². The van der Waals surface area contributed by atoms with Crippen molar-refractivity contribution in [1.82, 2.24) is 0 Å². The van der Waals surface area contributed by atoms with E-state index >= 15 is 0 Å². The predicted octanol–water partition coefficient (Wildman–Crippen LogP) is 11.0. The summed E-state index contributed by atoms with van der Waals surface area (Å²) in [5.41, 5.74) is 0. The molecule has 10 heteroatoms. The Balaban J connectivity index is 2.36. The molecule has 6 atom stereocenters. The average molecular weight is 861 g/mol. The van der Waals surface area contributed by atoms with Crippen molar-refractivity contribution in [3.63, 3.8) is 0 Å². The maximum atomic E-state index is 12.8. The van der Waals surface area contributed by atoms with E-state index in [-0.39, 0.29) is 26.1 Å². The number of aliphatic hydroxyl groups is 4. The first-order valence-corrected chi connectivity index (χ1v) is 24.4. The fraction of sp³-hybridized carbons (Fsp3) is 0.765. The van der Waals surface area contributed by atoms with E-state index in [2.05, 4.69) is 68.5 Å². The van der Waals surface area contributed by atoms with Crippen molar-refractivity contribution in [2.75, 3.05) is 19.8 Å². The number of carbonyl (C=O) groups excluding carboxylic acids is 2. The van der Waals surface area contributed by atoms with Gasteiger partial charge in [-0.2, -0.15) is 0 Å². The number of hydrogen-bond donors (Lipinski definition) is 4. The molecule has 10 nitrogen and oxygen atoms in total. The van der Waals surface area contributed by atoms with Crippen LogP contribution in [0.2, 0.25) is 0 Å². The normalized spacial score (nSPS) is 20.3. The van der Waals surface area contributed by atoms with Gasteiger partial charge >= 0.3 is 11.9 Å². The standard InChI is InChI=1S/C51H88O10/c1-3-5-7-9-11-13-15-17-19-20-21-22-23-24-26-28-30-32-34-36-38-40-47(54)60-44(43-59-51-50(57)49(56)48(55)45(41-52)61-51)42-58-46(53)39-37-35-33-31-29-27-25-18-16-14-12-10-8-6-4-2/h19-20,22-23,26-29,32,34,44-45,48-52,55-57H,3-18,21,24-25,30-31,33,35-43H2,1-2H3/b20-19+,23-22+,28-26+,29-27+,34-32+/t44-,45-,48+,49?,50?,51-/m1/s1. The summed E-state index contributed by atoms with van der Waals surface area (Å²) in [5.74, 6) is -0.891. The number of carbonyl (C=O) groups is 2. The number of aliphatic hydroxyl groups excluding tert-OH is 4. The molecule has 1 fully saturated rings. The lowest BCUT2D eigenvalue weighted by molar-refractivity contribution is -0.305. The summed E-state index contributed by atoms with van der Waals surface area (Å²) in [5, 5.41) is 40.1. The Bertz CT molecular complexity index is 1180. The van der Waals surface area contributed by atoms with Gasteiger partial charge < -0.3 is 39.4 Å². The second-order valence-electron chi connectivity index (χ2n) is 16.6. The largest absolute Gasteiger partial charge is 0.462 e. The summed E-state index contributed by atoms with van der Waals surface area (Å²) in [7, 11) is 0. The first-order valence-electron chi connectivity index (χ1n) is 24.4. The Hall–Kier alpha value is -2.60. The molecular weight excluding hydrogens is 773 g/mol. The van der Waals surface area contributed by atoms with Crippen LogP contribution in [0.3, 0.4) is 0 Å². The summed E-state index contributed by atoms with van der Waals surface area (Å²) in [6, 6.07) is 0. The molecule has 0 amide bonds. The number of hydrogen-bond acceptors (Lipinski definition) is 10. The van der Waals surface area contributed by atoms with E-state index in [0.29, 0.717) is 19.3 Å². The van der Waals surface area contributed by atoms with Gasteiger partial charge in [0.2, 0.25) is 0 Å². The number of allylic oxidation sites excluding steroid dienone is 10. The smallest absolute Gasteiger partial charge is 0.306 e. The third-order valence-corrected chi connectivity index (χ3v) is 10.9. The molecule has 2 unspecified atom stereocenters. The van der Waals surface area contributed by atoms with Crippen LogP contribution in [0.15, 0.2) is 60.8 Å². The molecule has 0 radical (unpaired) electrons. The summed E-state index contributed by atoms with van der Waals surface area (Å²) in [4.78, 5) is 25.4. The van der Waals surface area contributed by atoms with Crippen LogP contribution in [0.25, 0.3) is 0 Å². The zero-order valence-electron chi connectivity index (χ0n) is 38.4. The highest BCUT2D eigenvalue weighted by molar-refractivity contribution is 5.70. The van der Waals surface area contributed by atoms with Crippen LogP contribution < -0.4 is 0 Å². The first kappa shape index (κ1) is 56.4. The molecule has 0 spiro atoms. The van der Waals surface area contributed by atoms with Crippen LogP contribution in [-0.4, -0.2) is 89.0 Å². The van der Waals surface area contributed by atoms with Gasteiger partial charge in [0.15, 0.2) is 12.4 Å². The van der Waals surface area contributed by atoms with Crippen molar-refractivity contribution in [3.05, 3.63) is 60.8 Å². The fourth-order valence-corrected chi connectivity index (χ4v) is 7.00. The molecule has 0 saturated carbocycles. The van der Waals surface area contributed by atoms with Gasteiger partial charge in [-0.15, -0.1) is 0 Å². The van der Waals surface area contributed by atoms with Gasteiger partial charge in [-0.3, -0.25) is 9.59 Å². The Morgan fingerprint density at radius 1 is 0.508 bits per heavy atom. The van der Waals surface area contributed by atoms with Gasteiger partial charge in [0.05, 0.1) is 13.2 Å². The van der Waals surface area contributed by atoms with E-state index in [0.717, 1.165) is 44.9 Å². The van der Waals surface area contributed by atoms with Crippen molar-refractivity contribution in [2.45, 2.75) is 230 Å². The fourth-order valence-electron chi connectivity index (χ4n) is 7.00. The summed E-state index contributed by atoms with van der Waals surface area (Å²) in [6.45, 7) is 3.35. The van der Waals surface area contributed by atoms with Crippen LogP contribution in [-0.2, 0) is 28.5 Å². The maximum absolute atomic E-state index is 12.8. The van der Waals surface area contributed by atoms with Crippen molar-refractivity contribution in [2.24, 2.45) is 0 Å². The summed E-state index contributed by atoms with van der Waals surface area (Å²) in [6.07, 6.45) is 43.8. The molecule has 0 aliphatic carbocycles. The molecule has 1 rings (SSSR count). The van der Waals surface area contributed by atoms with E-state index in [9.17, 15) is 30.0 Å². The average Bonchev–Trinajstić information content (AvgIpc) is 3.26. The minimum atomic E-state index is -1.61. The lowest BCUT2D eigenvalue weighted by Crippen LogP contribution is -2.59. The molecule has 0 aromatic carbocycles. The first-order chi connectivity index (χ1) is 29.8. The molecule has 61 heavy (non-hydrogen) atoms. The molecule has 0 bridgehead atoms. The molecule has 4 N–H and O–H groups in total. The SMILES string of the molecule is CCCCCCCCC/C=C/C/C=C/C/C=C/C/C=C/CCCC(=O)O[C@H](COC(=O)CCCCC/C=C/CCCCCCCCCC)CO[C@@H]1O[C@H](CO)[C@H](O)C(O)C1O. The van der Waals surface area contributed by atoms with Gasteiger partial charge in [-0.05, 0) is 77.0 Å². The molecule has 0 aromatic heterocycles. The molecule has 1 aliphatic rings. The van der Waals surface area contributed by atoms with Crippen LogP contribution in [0.1, 0.15) is 194 Å². The molecule has 352 valence electrons. The number of ether oxygens (including phenoxy) is 4. The van der Waals surface area contributed by atoms with Crippen molar-refractivity contribution in [3.8, 4) is 0 Å². The topological polar surface area (TPSA) is 152 Å². The summed E-state index contributed by atoms with van der Waals surface area (Å²) >= 11 is 0. The van der Waals surface area contributed by atoms with Crippen molar-refractivity contribution < 1.29 is 49.0 Å². The third kappa shape index (κ3) is 32.7.